The smallest absolute Gasteiger partial charge is 0.326 e. The zero-order chi connectivity index (χ0) is 23.4. The van der Waals surface area contributed by atoms with E-state index in [1.165, 1.54) is 4.90 Å². The maximum absolute atomic E-state index is 12.8. The van der Waals surface area contributed by atoms with Gasteiger partial charge in [-0.2, -0.15) is 0 Å². The van der Waals surface area contributed by atoms with Gasteiger partial charge in [-0.1, -0.05) is 18.6 Å². The van der Waals surface area contributed by atoms with Gasteiger partial charge in [-0.3, -0.25) is 14.4 Å². The van der Waals surface area contributed by atoms with Crippen molar-refractivity contribution < 1.29 is 28.6 Å². The molecule has 0 radical (unpaired) electrons. The van der Waals surface area contributed by atoms with Crippen LogP contribution in [0.1, 0.15) is 47.4 Å². The normalized spacial score (nSPS) is 18.1. The Bertz CT molecular complexity index is 1040. The average molecular weight is 455 g/mol. The van der Waals surface area contributed by atoms with Crippen LogP contribution in [0.4, 0.5) is 0 Å². The first-order chi connectivity index (χ1) is 15.9. The molecule has 0 aliphatic carbocycles. The van der Waals surface area contributed by atoms with Crippen molar-refractivity contribution in [3.63, 3.8) is 0 Å². The Morgan fingerprint density at radius 1 is 1.12 bits per heavy atom. The molecular weight excluding hydrogens is 424 g/mol. The molecule has 0 saturated carbocycles. The van der Waals surface area contributed by atoms with Crippen molar-refractivity contribution >= 4 is 17.7 Å². The van der Waals surface area contributed by atoms with E-state index in [1.807, 2.05) is 48.7 Å². The minimum Gasteiger partial charge on any atom is -0.486 e. The Kier molecular flexibility index (Phi) is 7.01. The third-order valence-electron chi connectivity index (χ3n) is 6.18. The van der Waals surface area contributed by atoms with Gasteiger partial charge < -0.3 is 23.7 Å². The number of aryl methyl sites for hydroxylation is 1. The highest BCUT2D eigenvalue weighted by Gasteiger charge is 2.25. The van der Waals surface area contributed by atoms with E-state index in [9.17, 15) is 14.4 Å². The van der Waals surface area contributed by atoms with E-state index < -0.39 is 5.97 Å². The quantitative estimate of drug-likeness (QED) is 0.472. The van der Waals surface area contributed by atoms with Crippen molar-refractivity contribution in [1.29, 1.82) is 0 Å². The van der Waals surface area contributed by atoms with E-state index in [-0.39, 0.29) is 30.9 Å². The lowest BCUT2D eigenvalue weighted by Gasteiger charge is -2.27. The molecule has 4 rings (SSSR count). The van der Waals surface area contributed by atoms with Crippen LogP contribution in [-0.4, -0.2) is 59.5 Å². The molecule has 1 aromatic carbocycles. The number of benzene rings is 1. The van der Waals surface area contributed by atoms with Gasteiger partial charge in [0, 0.05) is 29.9 Å². The van der Waals surface area contributed by atoms with E-state index in [2.05, 4.69) is 0 Å². The topological polar surface area (TPSA) is 87.1 Å². The van der Waals surface area contributed by atoms with Gasteiger partial charge in [-0.05, 0) is 44.9 Å². The summed E-state index contributed by atoms with van der Waals surface area (Å²) in [6.07, 6.45) is 2.99. The van der Waals surface area contributed by atoms with Crippen LogP contribution >= 0.6 is 0 Å². The maximum Gasteiger partial charge on any atom is 0.326 e. The fourth-order valence-corrected chi connectivity index (χ4v) is 4.35. The molecule has 0 spiro atoms. The number of likely N-dealkylation sites (tertiary alicyclic amines) is 1. The lowest BCUT2D eigenvalue weighted by atomic mass is 10.1. The summed E-state index contributed by atoms with van der Waals surface area (Å²) in [6.45, 7) is 4.86. The number of aromatic nitrogens is 1. The third kappa shape index (κ3) is 5.38. The molecular formula is C25H30N2O6. The molecule has 1 aromatic heterocycles. The molecule has 33 heavy (non-hydrogen) atoms. The van der Waals surface area contributed by atoms with E-state index >= 15 is 0 Å². The summed E-state index contributed by atoms with van der Waals surface area (Å²) in [5.74, 6) is 0.585. The predicted molar refractivity (Wildman–Crippen MR) is 121 cm³/mol. The Hall–Kier alpha value is -3.29. The van der Waals surface area contributed by atoms with Gasteiger partial charge in [-0.15, -0.1) is 0 Å². The van der Waals surface area contributed by atoms with Crippen LogP contribution in [0.3, 0.4) is 0 Å². The minimum atomic E-state index is -0.557. The molecule has 2 aromatic rings. The number of fused-ring (bicyclic) bond motifs is 1. The minimum absolute atomic E-state index is 0.0316. The van der Waals surface area contributed by atoms with Crippen molar-refractivity contribution in [1.82, 2.24) is 9.47 Å². The number of hydrogen-bond donors (Lipinski definition) is 0. The van der Waals surface area contributed by atoms with E-state index in [0.717, 1.165) is 36.4 Å². The predicted octanol–water partition coefficient (Wildman–Crippen LogP) is 3.07. The van der Waals surface area contributed by atoms with Crippen LogP contribution in [0.25, 0.3) is 0 Å². The fraction of sp³-hybridized carbons (Fsp3) is 0.480. The molecule has 0 bridgehead atoms. The third-order valence-corrected chi connectivity index (χ3v) is 6.18. The lowest BCUT2D eigenvalue weighted by molar-refractivity contribution is -0.148. The molecule has 8 nitrogen and oxygen atoms in total. The Balaban J connectivity index is 1.34. The summed E-state index contributed by atoms with van der Waals surface area (Å²) in [7, 11) is 0. The number of rotatable bonds is 7. The summed E-state index contributed by atoms with van der Waals surface area (Å²) >= 11 is 0. The van der Waals surface area contributed by atoms with Gasteiger partial charge in [0.25, 0.3) is 0 Å². The van der Waals surface area contributed by atoms with Crippen molar-refractivity contribution in [3.8, 4) is 11.5 Å². The van der Waals surface area contributed by atoms with Gasteiger partial charge in [0.2, 0.25) is 11.7 Å². The number of hydrogen-bond acceptors (Lipinski definition) is 6. The number of carbonyl (C=O) groups excluding carboxylic acids is 3. The number of ketones is 1. The highest BCUT2D eigenvalue weighted by Crippen LogP contribution is 2.31. The molecule has 0 unspecified atom stereocenters. The number of Topliss-reactive ketones (excluding diaryl/α,β-unsaturated/α-hetero) is 1. The molecule has 0 N–H and O–H groups in total. The second kappa shape index (κ2) is 10.1. The van der Waals surface area contributed by atoms with E-state index in [1.54, 1.807) is 0 Å². The lowest BCUT2D eigenvalue weighted by Crippen LogP contribution is -2.36. The van der Waals surface area contributed by atoms with Crippen molar-refractivity contribution in [2.45, 2.75) is 52.2 Å². The molecule has 176 valence electrons. The molecule has 8 heteroatoms. The van der Waals surface area contributed by atoms with Crippen LogP contribution < -0.4 is 9.47 Å². The number of nitrogens with zero attached hydrogens (tertiary/aromatic N) is 2. The maximum atomic E-state index is 12.8. The number of esters is 1. The number of para-hydroxylation sites is 2. The van der Waals surface area contributed by atoms with Gasteiger partial charge in [-0.25, -0.2) is 0 Å². The van der Waals surface area contributed by atoms with Crippen LogP contribution in [-0.2, 0) is 20.9 Å². The molecule has 1 saturated heterocycles. The Morgan fingerprint density at radius 3 is 2.73 bits per heavy atom. The van der Waals surface area contributed by atoms with Gasteiger partial charge in [0.15, 0.2) is 24.2 Å². The van der Waals surface area contributed by atoms with Crippen LogP contribution in [0.5, 0.6) is 11.5 Å². The molecule has 2 aliphatic heterocycles. The molecule has 1 amide bonds. The fourth-order valence-electron chi connectivity index (χ4n) is 4.35. The first-order valence-corrected chi connectivity index (χ1v) is 11.4. The standard InChI is InChI=1S/C25H30N2O6/c1-17-12-20(21(28)16-32-25(30)14-26-11-7-3-4-10-24(26)29)18(2)27(17)13-19-15-31-22-8-5-6-9-23(22)33-19/h5-6,8-9,12,19H,3-4,7,10-11,13-16H2,1-2H3/t19-/m0/s1. The summed E-state index contributed by atoms with van der Waals surface area (Å²) in [5, 5.41) is 0. The summed E-state index contributed by atoms with van der Waals surface area (Å²) in [6, 6.07) is 9.36. The number of ether oxygens (including phenoxy) is 3. The van der Waals surface area contributed by atoms with E-state index in [0.29, 0.717) is 37.4 Å². The summed E-state index contributed by atoms with van der Waals surface area (Å²) in [4.78, 5) is 38.6. The van der Waals surface area contributed by atoms with Crippen LogP contribution in [0, 0.1) is 13.8 Å². The first-order valence-electron chi connectivity index (χ1n) is 11.4. The average Bonchev–Trinajstić information content (AvgIpc) is 2.95. The molecule has 1 fully saturated rings. The summed E-state index contributed by atoms with van der Waals surface area (Å²) < 4.78 is 19.1. The summed E-state index contributed by atoms with van der Waals surface area (Å²) in [5.41, 5.74) is 2.22. The zero-order valence-corrected chi connectivity index (χ0v) is 19.2. The van der Waals surface area contributed by atoms with Crippen molar-refractivity contribution in [2.75, 3.05) is 26.3 Å². The largest absolute Gasteiger partial charge is 0.486 e. The van der Waals surface area contributed by atoms with E-state index in [4.69, 9.17) is 14.2 Å². The van der Waals surface area contributed by atoms with Gasteiger partial charge in [0.05, 0.1) is 6.54 Å². The Labute approximate surface area is 193 Å². The second-order valence-corrected chi connectivity index (χ2v) is 8.60. The van der Waals surface area contributed by atoms with Gasteiger partial charge >= 0.3 is 5.97 Å². The monoisotopic (exact) mass is 454 g/mol. The van der Waals surface area contributed by atoms with Crippen molar-refractivity contribution in [2.24, 2.45) is 0 Å². The number of carbonyl (C=O) groups is 3. The van der Waals surface area contributed by atoms with Crippen molar-refractivity contribution in [3.05, 3.63) is 47.3 Å². The van der Waals surface area contributed by atoms with Gasteiger partial charge in [0.1, 0.15) is 13.2 Å². The zero-order valence-electron chi connectivity index (χ0n) is 19.2. The Morgan fingerprint density at radius 2 is 1.91 bits per heavy atom. The second-order valence-electron chi connectivity index (χ2n) is 8.60. The molecule has 1 atom stereocenters. The SMILES string of the molecule is Cc1cc(C(=O)COC(=O)CN2CCCCCC2=O)c(C)n1C[C@H]1COc2ccccc2O1. The highest BCUT2D eigenvalue weighted by molar-refractivity contribution is 5.99. The number of amides is 1. The highest BCUT2D eigenvalue weighted by atomic mass is 16.6. The molecule has 2 aliphatic rings. The molecule has 3 heterocycles. The van der Waals surface area contributed by atoms with Crippen LogP contribution in [0.15, 0.2) is 30.3 Å². The first kappa shape index (κ1) is 22.9. The van der Waals surface area contributed by atoms with Crippen LogP contribution in [0.2, 0.25) is 0 Å².